The minimum absolute atomic E-state index is 0.231. The van der Waals surface area contributed by atoms with Gasteiger partial charge in [0.2, 0.25) is 0 Å². The third-order valence-corrected chi connectivity index (χ3v) is 4.58. The number of benzene rings is 2. The van der Waals surface area contributed by atoms with E-state index in [1.807, 2.05) is 30.3 Å². The molecule has 0 aliphatic heterocycles. The van der Waals surface area contributed by atoms with Gasteiger partial charge in [0.15, 0.2) is 5.75 Å². The van der Waals surface area contributed by atoms with Crippen LogP contribution in [0.1, 0.15) is 43.7 Å². The smallest absolute Gasteiger partial charge is 0.343 e. The highest BCUT2D eigenvalue weighted by molar-refractivity contribution is 5.92. The zero-order chi connectivity index (χ0) is 19.9. The molecule has 0 saturated heterocycles. The van der Waals surface area contributed by atoms with Crippen molar-refractivity contribution in [2.24, 2.45) is 0 Å². The van der Waals surface area contributed by atoms with Crippen LogP contribution in [0.2, 0.25) is 0 Å². The number of methoxy groups -OCH3 is 1. The zero-order valence-corrected chi connectivity index (χ0v) is 16.2. The highest BCUT2D eigenvalue weighted by atomic mass is 16.5. The number of fused-ring (bicyclic) bond motifs is 1. The van der Waals surface area contributed by atoms with Gasteiger partial charge in [-0.1, -0.05) is 56.2 Å². The van der Waals surface area contributed by atoms with E-state index in [2.05, 4.69) is 6.92 Å². The highest BCUT2D eigenvalue weighted by Gasteiger charge is 2.22. The molecule has 2 aromatic carbocycles. The van der Waals surface area contributed by atoms with Crippen LogP contribution < -0.4 is 15.1 Å². The van der Waals surface area contributed by atoms with Crippen LogP contribution in [0.3, 0.4) is 0 Å². The Morgan fingerprint density at radius 1 is 1.04 bits per heavy atom. The summed E-state index contributed by atoms with van der Waals surface area (Å²) in [7, 11) is 1.53. The molecule has 28 heavy (non-hydrogen) atoms. The Morgan fingerprint density at radius 2 is 1.82 bits per heavy atom. The molecule has 0 unspecified atom stereocenters. The van der Waals surface area contributed by atoms with Crippen LogP contribution in [-0.4, -0.2) is 13.1 Å². The van der Waals surface area contributed by atoms with E-state index in [0.29, 0.717) is 35.1 Å². The van der Waals surface area contributed by atoms with E-state index in [0.717, 1.165) is 24.8 Å². The Morgan fingerprint density at radius 3 is 2.54 bits per heavy atom. The Kier molecular flexibility index (Phi) is 6.48. The minimum Gasteiger partial charge on any atom is -0.496 e. The fourth-order valence-corrected chi connectivity index (χ4v) is 3.14. The summed E-state index contributed by atoms with van der Waals surface area (Å²) in [4.78, 5) is 25.2. The lowest BCUT2D eigenvalue weighted by Crippen LogP contribution is -2.16. The second-order valence-electron chi connectivity index (χ2n) is 6.62. The number of hydrogen-bond donors (Lipinski definition) is 0. The Hall–Kier alpha value is -3.08. The largest absolute Gasteiger partial charge is 0.496 e. The van der Waals surface area contributed by atoms with Crippen molar-refractivity contribution in [3.8, 4) is 11.5 Å². The lowest BCUT2D eigenvalue weighted by molar-refractivity contribution is -0.134. The molecule has 5 heteroatoms. The Balaban J connectivity index is 2.10. The number of unbranched alkanes of at least 4 members (excludes halogenated alkanes) is 2. The first-order valence-corrected chi connectivity index (χ1v) is 9.51. The Bertz CT molecular complexity index is 1000. The molecule has 0 saturated carbocycles. The maximum absolute atomic E-state index is 12.7. The quantitative estimate of drug-likeness (QED) is 0.317. The maximum Gasteiger partial charge on any atom is 0.343 e. The van der Waals surface area contributed by atoms with Crippen molar-refractivity contribution in [3.63, 3.8) is 0 Å². The van der Waals surface area contributed by atoms with Gasteiger partial charge in [0.1, 0.15) is 16.7 Å². The van der Waals surface area contributed by atoms with Crippen LogP contribution in [0.5, 0.6) is 11.5 Å². The molecule has 0 spiro atoms. The van der Waals surface area contributed by atoms with Gasteiger partial charge in [-0.05, 0) is 24.1 Å². The van der Waals surface area contributed by atoms with Crippen LogP contribution in [-0.2, 0) is 11.2 Å². The van der Waals surface area contributed by atoms with E-state index in [1.54, 1.807) is 18.2 Å². The van der Waals surface area contributed by atoms with E-state index in [9.17, 15) is 9.59 Å². The molecule has 0 fully saturated rings. The molecule has 0 amide bonds. The first-order valence-electron chi connectivity index (χ1n) is 9.51. The van der Waals surface area contributed by atoms with Gasteiger partial charge >= 0.3 is 11.6 Å². The third-order valence-electron chi connectivity index (χ3n) is 4.58. The molecule has 0 bridgehead atoms. The fourth-order valence-electron chi connectivity index (χ4n) is 3.14. The minimum atomic E-state index is -0.513. The van der Waals surface area contributed by atoms with Gasteiger partial charge in [-0.15, -0.1) is 0 Å². The van der Waals surface area contributed by atoms with Gasteiger partial charge in [-0.2, -0.15) is 0 Å². The monoisotopic (exact) mass is 380 g/mol. The number of esters is 1. The van der Waals surface area contributed by atoms with Gasteiger partial charge in [0.05, 0.1) is 12.7 Å². The van der Waals surface area contributed by atoms with Gasteiger partial charge < -0.3 is 13.9 Å². The molecule has 1 aromatic heterocycles. The summed E-state index contributed by atoms with van der Waals surface area (Å²) in [5.41, 5.74) is 1.05. The second kappa shape index (κ2) is 9.22. The van der Waals surface area contributed by atoms with Gasteiger partial charge in [0, 0.05) is 12.8 Å². The molecule has 146 valence electrons. The van der Waals surface area contributed by atoms with Crippen LogP contribution in [0, 0.1) is 0 Å². The van der Waals surface area contributed by atoms with Gasteiger partial charge in [-0.25, -0.2) is 4.79 Å². The number of ether oxygens (including phenoxy) is 2. The highest BCUT2D eigenvalue weighted by Crippen LogP contribution is 2.36. The summed E-state index contributed by atoms with van der Waals surface area (Å²) in [6.45, 7) is 2.07. The third kappa shape index (κ3) is 4.42. The normalized spacial score (nSPS) is 10.8. The van der Waals surface area contributed by atoms with Crippen LogP contribution >= 0.6 is 0 Å². The van der Waals surface area contributed by atoms with Crippen LogP contribution in [0.4, 0.5) is 0 Å². The van der Waals surface area contributed by atoms with Crippen molar-refractivity contribution in [2.45, 2.75) is 39.0 Å². The Labute approximate surface area is 163 Å². The molecule has 3 aromatic rings. The van der Waals surface area contributed by atoms with Crippen LogP contribution in [0.25, 0.3) is 11.0 Å². The predicted molar refractivity (Wildman–Crippen MR) is 108 cm³/mol. The van der Waals surface area contributed by atoms with Crippen molar-refractivity contribution < 1.29 is 18.7 Å². The lowest BCUT2D eigenvalue weighted by atomic mass is 10.0. The average Bonchev–Trinajstić information content (AvgIpc) is 2.71. The molecule has 1 heterocycles. The zero-order valence-electron chi connectivity index (χ0n) is 16.2. The van der Waals surface area contributed by atoms with Crippen LogP contribution in [0.15, 0.2) is 57.7 Å². The molecule has 0 atom stereocenters. The predicted octanol–water partition coefficient (Wildman–Crippen LogP) is 4.88. The van der Waals surface area contributed by atoms with E-state index in [4.69, 9.17) is 13.9 Å². The molecule has 3 rings (SSSR count). The summed E-state index contributed by atoms with van der Waals surface area (Å²) < 4.78 is 16.7. The lowest BCUT2D eigenvalue weighted by Gasteiger charge is -2.14. The first-order chi connectivity index (χ1) is 13.6. The van der Waals surface area contributed by atoms with Gasteiger partial charge in [0.25, 0.3) is 0 Å². The number of hydrogen-bond acceptors (Lipinski definition) is 5. The van der Waals surface area contributed by atoms with E-state index in [1.165, 1.54) is 7.11 Å². The van der Waals surface area contributed by atoms with Crippen molar-refractivity contribution in [3.05, 3.63) is 70.1 Å². The number of rotatable bonds is 8. The maximum atomic E-state index is 12.7. The summed E-state index contributed by atoms with van der Waals surface area (Å²) in [5.74, 6) is 0.363. The van der Waals surface area contributed by atoms with Gasteiger partial charge in [-0.3, -0.25) is 4.79 Å². The number of carbonyl (C=O) groups is 1. The fraction of sp³-hybridized carbons (Fsp3) is 0.304. The number of carbonyl (C=O) groups excluding carboxylic acids is 1. The van der Waals surface area contributed by atoms with E-state index >= 15 is 0 Å². The molecular formula is C23H24O5. The van der Waals surface area contributed by atoms with E-state index < -0.39 is 5.63 Å². The molecule has 0 N–H and O–H groups in total. The SMILES string of the molecule is CCCCCC(=O)Oc1c(Cc2ccccc2)c(=O)oc2cccc(OC)c12. The van der Waals surface area contributed by atoms with Crippen molar-refractivity contribution in [1.29, 1.82) is 0 Å². The summed E-state index contributed by atoms with van der Waals surface area (Å²) >= 11 is 0. The van der Waals surface area contributed by atoms with Crippen molar-refractivity contribution in [2.75, 3.05) is 7.11 Å². The van der Waals surface area contributed by atoms with Crippen molar-refractivity contribution in [1.82, 2.24) is 0 Å². The second-order valence-corrected chi connectivity index (χ2v) is 6.62. The average molecular weight is 380 g/mol. The first kappa shape index (κ1) is 19.7. The molecular weight excluding hydrogens is 356 g/mol. The van der Waals surface area contributed by atoms with E-state index in [-0.39, 0.29) is 11.7 Å². The summed E-state index contributed by atoms with van der Waals surface area (Å²) in [6, 6.07) is 14.7. The summed E-state index contributed by atoms with van der Waals surface area (Å²) in [6.07, 6.45) is 3.31. The molecule has 5 nitrogen and oxygen atoms in total. The topological polar surface area (TPSA) is 65.7 Å². The molecule has 0 radical (unpaired) electrons. The molecule has 0 aliphatic carbocycles. The molecule has 0 aliphatic rings. The standard InChI is InChI=1S/C23H24O5/c1-3-4-6-14-20(24)28-22-17(15-16-10-7-5-8-11-16)23(25)27-19-13-9-12-18(26-2)21(19)22/h5,7-13H,3-4,6,14-15H2,1-2H3. The van der Waals surface area contributed by atoms with Crippen molar-refractivity contribution >= 4 is 16.9 Å². The summed E-state index contributed by atoms with van der Waals surface area (Å²) in [5, 5.41) is 0.499.